The van der Waals surface area contributed by atoms with Crippen LogP contribution in [0.2, 0.25) is 0 Å². The number of hydrogen-bond acceptors (Lipinski definition) is 3. The number of hydrogen-bond donors (Lipinski definition) is 2. The van der Waals surface area contributed by atoms with Crippen molar-refractivity contribution in [2.24, 2.45) is 0 Å². The first-order valence-electron chi connectivity index (χ1n) is 4.35. The predicted molar refractivity (Wildman–Crippen MR) is 51.2 cm³/mol. The third kappa shape index (κ3) is 2.42. The van der Waals surface area contributed by atoms with Crippen LogP contribution in [0.15, 0.2) is 12.1 Å². The molecule has 0 heterocycles. The standard InChI is InChI=1S/C10H10F2N2O/c1-6(5-15)14-8-3-2-7(4-13)9(11)10(8)12/h2-3,6,14-15H,5H2,1H3. The molecule has 15 heavy (non-hydrogen) atoms. The number of nitrogens with one attached hydrogen (secondary N) is 1. The van der Waals surface area contributed by atoms with Crippen LogP contribution in [-0.4, -0.2) is 17.8 Å². The molecule has 0 aliphatic rings. The molecule has 2 N–H and O–H groups in total. The van der Waals surface area contributed by atoms with Gasteiger partial charge in [0.25, 0.3) is 0 Å². The van der Waals surface area contributed by atoms with Crippen LogP contribution in [0.3, 0.4) is 0 Å². The van der Waals surface area contributed by atoms with E-state index < -0.39 is 11.6 Å². The number of nitriles is 1. The lowest BCUT2D eigenvalue weighted by Crippen LogP contribution is -2.20. The van der Waals surface area contributed by atoms with Crippen LogP contribution in [0, 0.1) is 23.0 Å². The number of aliphatic hydroxyl groups excluding tert-OH is 1. The Kier molecular flexibility index (Phi) is 3.58. The number of aliphatic hydroxyl groups is 1. The van der Waals surface area contributed by atoms with Crippen molar-refractivity contribution in [1.29, 1.82) is 5.26 Å². The van der Waals surface area contributed by atoms with Gasteiger partial charge in [-0.2, -0.15) is 5.26 Å². The first-order valence-corrected chi connectivity index (χ1v) is 4.35. The van der Waals surface area contributed by atoms with Crippen molar-refractivity contribution in [1.82, 2.24) is 0 Å². The van der Waals surface area contributed by atoms with Crippen molar-refractivity contribution in [2.45, 2.75) is 13.0 Å². The number of rotatable bonds is 3. The zero-order chi connectivity index (χ0) is 11.4. The van der Waals surface area contributed by atoms with Crippen molar-refractivity contribution < 1.29 is 13.9 Å². The lowest BCUT2D eigenvalue weighted by atomic mass is 10.2. The minimum atomic E-state index is -1.17. The predicted octanol–water partition coefficient (Wildman–Crippen LogP) is 1.63. The maximum absolute atomic E-state index is 13.3. The Morgan fingerprint density at radius 2 is 2.13 bits per heavy atom. The van der Waals surface area contributed by atoms with E-state index in [1.807, 2.05) is 0 Å². The fraction of sp³-hybridized carbons (Fsp3) is 0.300. The lowest BCUT2D eigenvalue weighted by Gasteiger charge is -2.13. The van der Waals surface area contributed by atoms with Crippen molar-refractivity contribution in [3.05, 3.63) is 29.3 Å². The van der Waals surface area contributed by atoms with E-state index in [2.05, 4.69) is 5.32 Å². The molecule has 0 amide bonds. The van der Waals surface area contributed by atoms with Crippen LogP contribution in [-0.2, 0) is 0 Å². The molecule has 0 saturated heterocycles. The van der Waals surface area contributed by atoms with Crippen LogP contribution < -0.4 is 5.32 Å². The average Bonchev–Trinajstić information content (AvgIpc) is 2.25. The molecular formula is C10H10F2N2O. The summed E-state index contributed by atoms with van der Waals surface area (Å²) in [6.07, 6.45) is 0. The zero-order valence-corrected chi connectivity index (χ0v) is 8.09. The largest absolute Gasteiger partial charge is 0.394 e. The molecular weight excluding hydrogens is 202 g/mol. The SMILES string of the molecule is CC(CO)Nc1ccc(C#N)c(F)c1F. The summed E-state index contributed by atoms with van der Waals surface area (Å²) >= 11 is 0. The molecule has 0 aliphatic carbocycles. The minimum absolute atomic E-state index is 0.0620. The van der Waals surface area contributed by atoms with Gasteiger partial charge in [0.05, 0.1) is 17.9 Å². The second kappa shape index (κ2) is 4.71. The highest BCUT2D eigenvalue weighted by Gasteiger charge is 2.14. The Balaban J connectivity index is 3.03. The Morgan fingerprint density at radius 3 is 2.67 bits per heavy atom. The Hall–Kier alpha value is -1.67. The van der Waals surface area contributed by atoms with Gasteiger partial charge in [0.15, 0.2) is 11.6 Å². The van der Waals surface area contributed by atoms with E-state index in [1.54, 1.807) is 6.92 Å². The molecule has 0 fully saturated rings. The van der Waals surface area contributed by atoms with E-state index in [0.717, 1.165) is 0 Å². The van der Waals surface area contributed by atoms with Gasteiger partial charge in [0.1, 0.15) is 6.07 Å². The Labute approximate surface area is 86.0 Å². The van der Waals surface area contributed by atoms with Gasteiger partial charge in [0, 0.05) is 6.04 Å². The van der Waals surface area contributed by atoms with Crippen LogP contribution in [0.25, 0.3) is 0 Å². The van der Waals surface area contributed by atoms with Crippen molar-refractivity contribution >= 4 is 5.69 Å². The molecule has 0 bridgehead atoms. The van der Waals surface area contributed by atoms with Gasteiger partial charge >= 0.3 is 0 Å². The number of halogens is 2. The number of nitrogens with zero attached hydrogens (tertiary/aromatic N) is 1. The van der Waals surface area contributed by atoms with Gasteiger partial charge in [-0.05, 0) is 19.1 Å². The van der Waals surface area contributed by atoms with E-state index in [1.165, 1.54) is 18.2 Å². The molecule has 0 aromatic heterocycles. The maximum atomic E-state index is 13.3. The van der Waals surface area contributed by atoms with E-state index in [-0.39, 0.29) is 23.9 Å². The van der Waals surface area contributed by atoms with Crippen LogP contribution in [0.4, 0.5) is 14.5 Å². The molecule has 0 radical (unpaired) electrons. The molecule has 0 aliphatic heterocycles. The smallest absolute Gasteiger partial charge is 0.183 e. The molecule has 0 saturated carbocycles. The lowest BCUT2D eigenvalue weighted by molar-refractivity contribution is 0.281. The van der Waals surface area contributed by atoms with E-state index in [4.69, 9.17) is 10.4 Å². The minimum Gasteiger partial charge on any atom is -0.394 e. The molecule has 1 aromatic rings. The van der Waals surface area contributed by atoms with E-state index in [9.17, 15) is 8.78 Å². The average molecular weight is 212 g/mol. The number of anilines is 1. The summed E-state index contributed by atoms with van der Waals surface area (Å²) in [5, 5.41) is 19.7. The van der Waals surface area contributed by atoms with Gasteiger partial charge in [-0.15, -0.1) is 0 Å². The van der Waals surface area contributed by atoms with Gasteiger partial charge in [-0.3, -0.25) is 0 Å². The molecule has 80 valence electrons. The summed E-state index contributed by atoms with van der Waals surface area (Å²) in [5.41, 5.74) is -0.400. The van der Waals surface area contributed by atoms with Gasteiger partial charge in [-0.1, -0.05) is 0 Å². The van der Waals surface area contributed by atoms with Crippen molar-refractivity contribution in [3.63, 3.8) is 0 Å². The fourth-order valence-electron chi connectivity index (χ4n) is 1.06. The van der Waals surface area contributed by atoms with Crippen molar-refractivity contribution in [3.8, 4) is 6.07 Å². The Bertz CT molecular complexity index is 401. The summed E-state index contributed by atoms with van der Waals surface area (Å²) < 4.78 is 26.4. The molecule has 1 rings (SSSR count). The molecule has 3 nitrogen and oxygen atoms in total. The van der Waals surface area contributed by atoms with Gasteiger partial charge in [-0.25, -0.2) is 8.78 Å². The van der Waals surface area contributed by atoms with Crippen LogP contribution in [0.1, 0.15) is 12.5 Å². The highest BCUT2D eigenvalue weighted by molar-refractivity contribution is 5.50. The zero-order valence-electron chi connectivity index (χ0n) is 8.09. The second-order valence-electron chi connectivity index (χ2n) is 3.13. The molecule has 1 atom stereocenters. The van der Waals surface area contributed by atoms with Gasteiger partial charge in [0.2, 0.25) is 0 Å². The summed E-state index contributed by atoms with van der Waals surface area (Å²) in [6.45, 7) is 1.43. The first kappa shape index (κ1) is 11.4. The van der Waals surface area contributed by atoms with E-state index in [0.29, 0.717) is 0 Å². The monoisotopic (exact) mass is 212 g/mol. The van der Waals surface area contributed by atoms with E-state index >= 15 is 0 Å². The molecule has 0 spiro atoms. The fourth-order valence-corrected chi connectivity index (χ4v) is 1.06. The summed E-state index contributed by atoms with van der Waals surface area (Å²) in [7, 11) is 0. The van der Waals surface area contributed by atoms with Crippen molar-refractivity contribution in [2.75, 3.05) is 11.9 Å². The number of benzene rings is 1. The Morgan fingerprint density at radius 1 is 1.47 bits per heavy atom. The van der Waals surface area contributed by atoms with Crippen LogP contribution in [0.5, 0.6) is 0 Å². The first-order chi connectivity index (χ1) is 7.10. The normalized spacial score (nSPS) is 11.9. The summed E-state index contributed by atoms with van der Waals surface area (Å²) in [4.78, 5) is 0. The summed E-state index contributed by atoms with van der Waals surface area (Å²) in [6, 6.07) is 3.61. The van der Waals surface area contributed by atoms with Gasteiger partial charge < -0.3 is 10.4 Å². The highest BCUT2D eigenvalue weighted by Crippen LogP contribution is 2.20. The third-order valence-electron chi connectivity index (χ3n) is 1.88. The highest BCUT2D eigenvalue weighted by atomic mass is 19.2. The second-order valence-corrected chi connectivity index (χ2v) is 3.13. The third-order valence-corrected chi connectivity index (χ3v) is 1.88. The molecule has 5 heteroatoms. The quantitative estimate of drug-likeness (QED) is 0.800. The summed E-state index contributed by atoms with van der Waals surface area (Å²) in [5.74, 6) is -2.28. The van der Waals surface area contributed by atoms with Crippen LogP contribution >= 0.6 is 0 Å². The maximum Gasteiger partial charge on any atom is 0.183 e. The molecule has 1 unspecified atom stereocenters. The molecule has 1 aromatic carbocycles. The topological polar surface area (TPSA) is 56.0 Å².